The van der Waals surface area contributed by atoms with Crippen molar-refractivity contribution in [3.05, 3.63) is 59.7 Å². The molecule has 2 rings (SSSR count). The van der Waals surface area contributed by atoms with Crippen LogP contribution in [0.4, 0.5) is 10.5 Å². The first kappa shape index (κ1) is 14.9. The molecule has 2 amide bonds. The summed E-state index contributed by atoms with van der Waals surface area (Å²) in [6, 6.07) is 15.2. The Morgan fingerprint density at radius 3 is 2.57 bits per heavy atom. The second-order valence-electron chi connectivity index (χ2n) is 4.86. The number of ether oxygens (including phenoxy) is 1. The molecule has 0 unspecified atom stereocenters. The third-order valence-corrected chi connectivity index (χ3v) is 3.03. The summed E-state index contributed by atoms with van der Waals surface area (Å²) in [6.45, 7) is 4.88. The molecular formula is C17H20N2O2. The first-order chi connectivity index (χ1) is 10.1. The van der Waals surface area contributed by atoms with Crippen LogP contribution in [0.3, 0.4) is 0 Å². The van der Waals surface area contributed by atoms with E-state index in [0.717, 1.165) is 17.0 Å². The van der Waals surface area contributed by atoms with Gasteiger partial charge < -0.3 is 15.4 Å². The van der Waals surface area contributed by atoms with Crippen LogP contribution >= 0.6 is 0 Å². The van der Waals surface area contributed by atoms with Gasteiger partial charge >= 0.3 is 6.03 Å². The average Bonchev–Trinajstić information content (AvgIpc) is 2.48. The molecule has 0 aliphatic heterocycles. The number of aryl methyl sites for hydroxylation is 2. The molecule has 0 heterocycles. The van der Waals surface area contributed by atoms with Crippen molar-refractivity contribution < 1.29 is 9.53 Å². The van der Waals surface area contributed by atoms with Crippen LogP contribution < -0.4 is 15.4 Å². The minimum Gasteiger partial charge on any atom is -0.492 e. The van der Waals surface area contributed by atoms with Crippen LogP contribution in [0.25, 0.3) is 0 Å². The quantitative estimate of drug-likeness (QED) is 0.826. The maximum Gasteiger partial charge on any atom is 0.319 e. The number of carbonyl (C=O) groups is 1. The van der Waals surface area contributed by atoms with E-state index in [2.05, 4.69) is 10.6 Å². The van der Waals surface area contributed by atoms with E-state index in [0.29, 0.717) is 13.2 Å². The van der Waals surface area contributed by atoms with E-state index in [9.17, 15) is 4.79 Å². The summed E-state index contributed by atoms with van der Waals surface area (Å²) in [5.41, 5.74) is 3.04. The number of anilines is 1. The van der Waals surface area contributed by atoms with Crippen LogP contribution in [0.15, 0.2) is 48.5 Å². The first-order valence-electron chi connectivity index (χ1n) is 6.95. The van der Waals surface area contributed by atoms with Crippen LogP contribution in [-0.2, 0) is 0 Å². The predicted molar refractivity (Wildman–Crippen MR) is 84.9 cm³/mol. The van der Waals surface area contributed by atoms with Crippen molar-refractivity contribution in [2.45, 2.75) is 13.8 Å². The summed E-state index contributed by atoms with van der Waals surface area (Å²) < 4.78 is 5.50. The molecule has 0 radical (unpaired) electrons. The Bertz CT molecular complexity index is 597. The van der Waals surface area contributed by atoms with E-state index in [1.54, 1.807) is 0 Å². The summed E-state index contributed by atoms with van der Waals surface area (Å²) in [5.74, 6) is 0.800. The fraction of sp³-hybridized carbons (Fsp3) is 0.235. The standard InChI is InChI=1S/C17H20N2O2/c1-13-8-9-16(14(2)12-13)19-17(20)18-10-11-21-15-6-4-3-5-7-15/h3-9,12H,10-11H2,1-2H3,(H2,18,19,20). The minimum absolute atomic E-state index is 0.224. The number of hydrogen-bond donors (Lipinski definition) is 2. The molecule has 2 aromatic carbocycles. The molecule has 0 saturated carbocycles. The van der Waals surface area contributed by atoms with Crippen LogP contribution in [0.1, 0.15) is 11.1 Å². The number of rotatable bonds is 5. The van der Waals surface area contributed by atoms with Gasteiger partial charge in [0.1, 0.15) is 12.4 Å². The second-order valence-corrected chi connectivity index (χ2v) is 4.86. The van der Waals surface area contributed by atoms with E-state index in [4.69, 9.17) is 4.74 Å². The van der Waals surface area contributed by atoms with E-state index in [-0.39, 0.29) is 6.03 Å². The zero-order valence-electron chi connectivity index (χ0n) is 12.3. The highest BCUT2D eigenvalue weighted by Crippen LogP contribution is 2.15. The molecule has 0 spiro atoms. The van der Waals surface area contributed by atoms with Gasteiger partial charge in [-0.15, -0.1) is 0 Å². The minimum atomic E-state index is -0.224. The Hall–Kier alpha value is -2.49. The number of para-hydroxylation sites is 1. The summed E-state index contributed by atoms with van der Waals surface area (Å²) in [7, 11) is 0. The molecular weight excluding hydrogens is 264 g/mol. The van der Waals surface area contributed by atoms with Gasteiger partial charge in [-0.25, -0.2) is 4.79 Å². The first-order valence-corrected chi connectivity index (χ1v) is 6.95. The zero-order valence-corrected chi connectivity index (χ0v) is 12.3. The highest BCUT2D eigenvalue weighted by Gasteiger charge is 2.03. The van der Waals surface area contributed by atoms with Crippen molar-refractivity contribution in [3.8, 4) is 5.75 Å². The largest absolute Gasteiger partial charge is 0.492 e. The van der Waals surface area contributed by atoms with E-state index < -0.39 is 0 Å². The zero-order chi connectivity index (χ0) is 15.1. The molecule has 0 atom stereocenters. The van der Waals surface area contributed by atoms with Gasteiger partial charge in [-0.1, -0.05) is 35.9 Å². The maximum atomic E-state index is 11.8. The molecule has 0 aliphatic carbocycles. The third kappa shape index (κ3) is 4.84. The monoisotopic (exact) mass is 284 g/mol. The van der Waals surface area contributed by atoms with Crippen LogP contribution in [-0.4, -0.2) is 19.2 Å². The van der Waals surface area contributed by atoms with Gasteiger partial charge in [0.25, 0.3) is 0 Å². The number of carbonyl (C=O) groups excluding carboxylic acids is 1. The number of amides is 2. The lowest BCUT2D eigenvalue weighted by atomic mass is 10.1. The van der Waals surface area contributed by atoms with E-state index in [1.165, 1.54) is 5.56 Å². The SMILES string of the molecule is Cc1ccc(NC(=O)NCCOc2ccccc2)c(C)c1. The number of urea groups is 1. The molecule has 2 aromatic rings. The molecule has 0 bridgehead atoms. The third-order valence-electron chi connectivity index (χ3n) is 3.03. The van der Waals surface area contributed by atoms with Gasteiger partial charge in [0.05, 0.1) is 6.54 Å². The molecule has 110 valence electrons. The molecule has 0 saturated heterocycles. The smallest absolute Gasteiger partial charge is 0.319 e. The van der Waals surface area contributed by atoms with E-state index in [1.807, 2.05) is 62.4 Å². The second kappa shape index (κ2) is 7.33. The lowest BCUT2D eigenvalue weighted by molar-refractivity contribution is 0.247. The summed E-state index contributed by atoms with van der Waals surface area (Å²) in [6.07, 6.45) is 0. The lowest BCUT2D eigenvalue weighted by Crippen LogP contribution is -2.32. The van der Waals surface area contributed by atoms with Crippen LogP contribution in [0, 0.1) is 13.8 Å². The molecule has 2 N–H and O–H groups in total. The van der Waals surface area contributed by atoms with Gasteiger partial charge in [-0.05, 0) is 37.6 Å². The highest BCUT2D eigenvalue weighted by molar-refractivity contribution is 5.90. The van der Waals surface area contributed by atoms with Crippen molar-refractivity contribution in [3.63, 3.8) is 0 Å². The van der Waals surface area contributed by atoms with Crippen LogP contribution in [0.2, 0.25) is 0 Å². The van der Waals surface area contributed by atoms with Gasteiger partial charge in [0.15, 0.2) is 0 Å². The fourth-order valence-corrected chi connectivity index (χ4v) is 1.97. The maximum absolute atomic E-state index is 11.8. The molecule has 4 heteroatoms. The van der Waals surface area contributed by atoms with Crippen molar-refractivity contribution >= 4 is 11.7 Å². The van der Waals surface area contributed by atoms with Gasteiger partial charge in [0.2, 0.25) is 0 Å². The van der Waals surface area contributed by atoms with Crippen molar-refractivity contribution in [2.75, 3.05) is 18.5 Å². The Balaban J connectivity index is 1.72. The number of nitrogens with one attached hydrogen (secondary N) is 2. The van der Waals surface area contributed by atoms with Gasteiger partial charge in [0, 0.05) is 5.69 Å². The highest BCUT2D eigenvalue weighted by atomic mass is 16.5. The molecule has 0 fully saturated rings. The molecule has 0 aliphatic rings. The topological polar surface area (TPSA) is 50.4 Å². The van der Waals surface area contributed by atoms with E-state index >= 15 is 0 Å². The Kier molecular flexibility index (Phi) is 5.21. The average molecular weight is 284 g/mol. The van der Waals surface area contributed by atoms with Gasteiger partial charge in [-0.2, -0.15) is 0 Å². The Labute approximate surface area is 125 Å². The summed E-state index contributed by atoms with van der Waals surface area (Å²) in [4.78, 5) is 11.8. The molecule has 0 aromatic heterocycles. The Morgan fingerprint density at radius 2 is 1.86 bits per heavy atom. The van der Waals surface area contributed by atoms with Gasteiger partial charge in [-0.3, -0.25) is 0 Å². The summed E-state index contributed by atoms with van der Waals surface area (Å²) in [5, 5.41) is 5.60. The Morgan fingerprint density at radius 1 is 1.10 bits per heavy atom. The summed E-state index contributed by atoms with van der Waals surface area (Å²) >= 11 is 0. The molecule has 21 heavy (non-hydrogen) atoms. The number of hydrogen-bond acceptors (Lipinski definition) is 2. The normalized spacial score (nSPS) is 10.0. The number of benzene rings is 2. The lowest BCUT2D eigenvalue weighted by Gasteiger charge is -2.11. The van der Waals surface area contributed by atoms with Crippen LogP contribution in [0.5, 0.6) is 5.75 Å². The predicted octanol–water partition coefficient (Wildman–Crippen LogP) is 3.50. The van der Waals surface area contributed by atoms with Crippen molar-refractivity contribution in [1.82, 2.24) is 5.32 Å². The fourth-order valence-electron chi connectivity index (χ4n) is 1.97. The van der Waals surface area contributed by atoms with Crippen molar-refractivity contribution in [1.29, 1.82) is 0 Å². The van der Waals surface area contributed by atoms with Crippen molar-refractivity contribution in [2.24, 2.45) is 0 Å². The molecule has 4 nitrogen and oxygen atoms in total.